The molecule has 7 heteroatoms. The minimum atomic E-state index is -1.02. The van der Waals surface area contributed by atoms with Gasteiger partial charge in [0.25, 0.3) is 5.91 Å². The number of hydrogen-bond donors (Lipinski definition) is 1. The second-order valence-electron chi connectivity index (χ2n) is 4.77. The van der Waals surface area contributed by atoms with Crippen molar-refractivity contribution in [3.63, 3.8) is 0 Å². The third kappa shape index (κ3) is 4.35. The summed E-state index contributed by atoms with van der Waals surface area (Å²) in [6.45, 7) is 3.19. The molecule has 1 amide bonds. The Hall–Kier alpha value is -3.27. The lowest BCUT2D eigenvalue weighted by atomic mass is 10.2. The van der Waals surface area contributed by atoms with Crippen molar-refractivity contribution < 1.29 is 14.3 Å². The molecule has 1 aromatic carbocycles. The number of benzene rings is 1. The van der Waals surface area contributed by atoms with Gasteiger partial charge in [-0.2, -0.15) is 5.26 Å². The maximum Gasteiger partial charge on any atom is 0.359 e. The van der Waals surface area contributed by atoms with Crippen LogP contribution in [0.25, 0.3) is 0 Å². The summed E-state index contributed by atoms with van der Waals surface area (Å²) in [4.78, 5) is 31.7. The third-order valence-electron chi connectivity index (χ3n) is 2.90. The zero-order valence-electron chi connectivity index (χ0n) is 12.6. The number of anilines is 1. The van der Waals surface area contributed by atoms with Crippen LogP contribution in [0.1, 0.15) is 28.7 Å². The van der Waals surface area contributed by atoms with Gasteiger partial charge in [0.05, 0.1) is 23.5 Å². The quantitative estimate of drug-likeness (QED) is 0.864. The van der Waals surface area contributed by atoms with Gasteiger partial charge < -0.3 is 10.1 Å². The van der Waals surface area contributed by atoms with E-state index in [0.29, 0.717) is 16.9 Å². The molecule has 23 heavy (non-hydrogen) atoms. The fraction of sp³-hybridized carbons (Fsp3) is 0.188. The molecule has 7 nitrogen and oxygen atoms in total. The highest BCUT2D eigenvalue weighted by Gasteiger charge is 2.20. The Bertz CT molecular complexity index is 766. The number of carbonyl (C=O) groups excluding carboxylic acids is 2. The lowest BCUT2D eigenvalue weighted by molar-refractivity contribution is -0.123. The molecule has 2 aromatic rings. The summed E-state index contributed by atoms with van der Waals surface area (Å²) in [6.07, 6.45) is 1.71. The first-order valence-corrected chi connectivity index (χ1v) is 6.80. The van der Waals surface area contributed by atoms with Crippen LogP contribution in [0.2, 0.25) is 0 Å². The highest BCUT2D eigenvalue weighted by atomic mass is 16.5. The average molecular weight is 310 g/mol. The van der Waals surface area contributed by atoms with E-state index in [1.807, 2.05) is 6.07 Å². The fourth-order valence-electron chi connectivity index (χ4n) is 1.68. The maximum absolute atomic E-state index is 12.0. The van der Waals surface area contributed by atoms with Gasteiger partial charge in [0.15, 0.2) is 11.8 Å². The number of carbonyl (C=O) groups is 2. The van der Waals surface area contributed by atoms with Crippen LogP contribution in [0.4, 0.5) is 5.69 Å². The molecule has 1 unspecified atom stereocenters. The summed E-state index contributed by atoms with van der Waals surface area (Å²) in [5, 5.41) is 11.4. The number of esters is 1. The molecule has 0 saturated heterocycles. The number of aromatic nitrogens is 2. The highest BCUT2D eigenvalue weighted by Crippen LogP contribution is 2.11. The SMILES string of the molecule is Cc1cnc(C(=O)OC(C)C(=O)Nc2cccc(C#N)c2)cn1. The zero-order valence-corrected chi connectivity index (χ0v) is 12.6. The molecule has 0 fully saturated rings. The lowest BCUT2D eigenvalue weighted by Crippen LogP contribution is -2.30. The maximum atomic E-state index is 12.0. The smallest absolute Gasteiger partial charge is 0.359 e. The van der Waals surface area contributed by atoms with Gasteiger partial charge in [0, 0.05) is 11.9 Å². The largest absolute Gasteiger partial charge is 0.448 e. The Morgan fingerprint density at radius 3 is 2.74 bits per heavy atom. The molecular formula is C16H14N4O3. The second kappa shape index (κ2) is 7.13. The molecule has 0 aliphatic carbocycles. The summed E-state index contributed by atoms with van der Waals surface area (Å²) in [5.74, 6) is -1.24. The van der Waals surface area contributed by atoms with E-state index in [4.69, 9.17) is 10.00 Å². The topological polar surface area (TPSA) is 105 Å². The summed E-state index contributed by atoms with van der Waals surface area (Å²) in [7, 11) is 0. The monoisotopic (exact) mass is 310 g/mol. The van der Waals surface area contributed by atoms with Crippen LogP contribution in [0.15, 0.2) is 36.7 Å². The molecule has 2 rings (SSSR count). The van der Waals surface area contributed by atoms with Gasteiger partial charge in [-0.05, 0) is 32.0 Å². The van der Waals surface area contributed by atoms with Crippen molar-refractivity contribution in [3.8, 4) is 6.07 Å². The van der Waals surface area contributed by atoms with E-state index in [2.05, 4.69) is 15.3 Å². The first kappa shape index (κ1) is 16.1. The van der Waals surface area contributed by atoms with E-state index in [9.17, 15) is 9.59 Å². The van der Waals surface area contributed by atoms with E-state index in [1.54, 1.807) is 25.1 Å². The molecule has 1 N–H and O–H groups in total. The van der Waals surface area contributed by atoms with Crippen molar-refractivity contribution in [2.24, 2.45) is 0 Å². The number of ether oxygens (including phenoxy) is 1. The van der Waals surface area contributed by atoms with Crippen LogP contribution in [-0.4, -0.2) is 27.9 Å². The van der Waals surface area contributed by atoms with Gasteiger partial charge in [-0.15, -0.1) is 0 Å². The minimum Gasteiger partial charge on any atom is -0.448 e. The van der Waals surface area contributed by atoms with Crippen LogP contribution in [0, 0.1) is 18.3 Å². The van der Waals surface area contributed by atoms with Gasteiger partial charge >= 0.3 is 5.97 Å². The normalized spacial score (nSPS) is 11.2. The Kier molecular flexibility index (Phi) is 5.00. The molecule has 1 heterocycles. The molecular weight excluding hydrogens is 296 g/mol. The van der Waals surface area contributed by atoms with Crippen LogP contribution in [-0.2, 0) is 9.53 Å². The number of nitriles is 1. The van der Waals surface area contributed by atoms with Gasteiger partial charge in [0.2, 0.25) is 0 Å². The van der Waals surface area contributed by atoms with E-state index in [-0.39, 0.29) is 5.69 Å². The number of rotatable bonds is 4. The molecule has 0 radical (unpaired) electrons. The zero-order chi connectivity index (χ0) is 16.8. The molecule has 0 aliphatic heterocycles. The molecule has 1 aromatic heterocycles. The predicted molar refractivity (Wildman–Crippen MR) is 81.4 cm³/mol. The van der Waals surface area contributed by atoms with Crippen molar-refractivity contribution in [3.05, 3.63) is 53.6 Å². The molecule has 0 bridgehead atoms. The van der Waals surface area contributed by atoms with E-state index in [0.717, 1.165) is 0 Å². The van der Waals surface area contributed by atoms with Crippen molar-refractivity contribution in [1.82, 2.24) is 9.97 Å². The van der Waals surface area contributed by atoms with Crippen LogP contribution in [0.3, 0.4) is 0 Å². The van der Waals surface area contributed by atoms with Gasteiger partial charge in [-0.1, -0.05) is 6.07 Å². The van der Waals surface area contributed by atoms with Crippen molar-refractivity contribution in [1.29, 1.82) is 5.26 Å². The molecule has 0 aliphatic rings. The average Bonchev–Trinajstić information content (AvgIpc) is 2.55. The first-order chi connectivity index (χ1) is 11.0. The number of nitrogens with zero attached hydrogens (tertiary/aromatic N) is 3. The van der Waals surface area contributed by atoms with Crippen LogP contribution < -0.4 is 5.32 Å². The predicted octanol–water partition coefficient (Wildman–Crippen LogP) is 1.84. The highest BCUT2D eigenvalue weighted by molar-refractivity contribution is 5.96. The summed E-state index contributed by atoms with van der Waals surface area (Å²) in [5.41, 5.74) is 1.57. The number of aryl methyl sites for hydroxylation is 1. The van der Waals surface area contributed by atoms with Crippen LogP contribution >= 0.6 is 0 Å². The lowest BCUT2D eigenvalue weighted by Gasteiger charge is -2.13. The summed E-state index contributed by atoms with van der Waals surface area (Å²) in [6, 6.07) is 8.41. The number of hydrogen-bond acceptors (Lipinski definition) is 6. The second-order valence-corrected chi connectivity index (χ2v) is 4.77. The summed E-state index contributed by atoms with van der Waals surface area (Å²) < 4.78 is 5.05. The summed E-state index contributed by atoms with van der Waals surface area (Å²) >= 11 is 0. The van der Waals surface area contributed by atoms with Gasteiger partial charge in [-0.25, -0.2) is 9.78 Å². The van der Waals surface area contributed by atoms with Gasteiger partial charge in [0.1, 0.15) is 0 Å². The standard InChI is InChI=1S/C16H14N4O3/c1-10-8-19-14(9-18-10)16(22)23-11(2)15(21)20-13-5-3-4-12(6-13)7-17/h3-6,8-9,11H,1-2H3,(H,20,21). The van der Waals surface area contributed by atoms with Crippen molar-refractivity contribution in [2.75, 3.05) is 5.32 Å². The van der Waals surface area contributed by atoms with Crippen LogP contribution in [0.5, 0.6) is 0 Å². The Balaban J connectivity index is 1.98. The van der Waals surface area contributed by atoms with E-state index < -0.39 is 18.0 Å². The molecule has 1 atom stereocenters. The fourth-order valence-corrected chi connectivity index (χ4v) is 1.68. The number of amides is 1. The van der Waals surface area contributed by atoms with E-state index >= 15 is 0 Å². The third-order valence-corrected chi connectivity index (χ3v) is 2.90. The first-order valence-electron chi connectivity index (χ1n) is 6.80. The molecule has 0 saturated carbocycles. The van der Waals surface area contributed by atoms with Crippen molar-refractivity contribution >= 4 is 17.6 Å². The number of nitrogens with one attached hydrogen (secondary N) is 1. The van der Waals surface area contributed by atoms with Gasteiger partial charge in [-0.3, -0.25) is 9.78 Å². The Morgan fingerprint density at radius 1 is 1.30 bits per heavy atom. The minimum absolute atomic E-state index is 0.0294. The Labute approximate surface area is 132 Å². The molecule has 116 valence electrons. The molecule has 0 spiro atoms. The Morgan fingerprint density at radius 2 is 2.09 bits per heavy atom. The van der Waals surface area contributed by atoms with Crippen molar-refractivity contribution in [2.45, 2.75) is 20.0 Å². The van der Waals surface area contributed by atoms with E-state index in [1.165, 1.54) is 25.4 Å².